The molecular formula is C9H18N4O. The summed E-state index contributed by atoms with van der Waals surface area (Å²) in [6.45, 7) is 8.60. The Balaban J connectivity index is 2.69. The summed E-state index contributed by atoms with van der Waals surface area (Å²) < 4.78 is 5.04. The molecule has 0 radical (unpaired) electrons. The summed E-state index contributed by atoms with van der Waals surface area (Å²) in [7, 11) is 0. The van der Waals surface area contributed by atoms with Crippen LogP contribution < -0.4 is 11.1 Å². The predicted molar refractivity (Wildman–Crippen MR) is 55.1 cm³/mol. The molecule has 14 heavy (non-hydrogen) atoms. The zero-order chi connectivity index (χ0) is 10.8. The molecule has 0 aliphatic carbocycles. The van der Waals surface area contributed by atoms with Crippen LogP contribution in [0.2, 0.25) is 0 Å². The van der Waals surface area contributed by atoms with Gasteiger partial charge in [-0.05, 0) is 6.92 Å². The highest BCUT2D eigenvalue weighted by Crippen LogP contribution is 2.19. The van der Waals surface area contributed by atoms with Gasteiger partial charge in [-0.2, -0.15) is 4.98 Å². The van der Waals surface area contributed by atoms with Crippen LogP contribution in [0.5, 0.6) is 0 Å². The smallest absolute Gasteiger partial charge is 0.321 e. The van der Waals surface area contributed by atoms with E-state index >= 15 is 0 Å². The highest BCUT2D eigenvalue weighted by molar-refractivity contribution is 5.21. The third-order valence-corrected chi connectivity index (χ3v) is 1.82. The van der Waals surface area contributed by atoms with Crippen LogP contribution in [-0.4, -0.2) is 22.7 Å². The van der Waals surface area contributed by atoms with Gasteiger partial charge in [0, 0.05) is 18.0 Å². The van der Waals surface area contributed by atoms with Gasteiger partial charge in [-0.15, -0.1) is 0 Å². The van der Waals surface area contributed by atoms with Gasteiger partial charge in [0.15, 0.2) is 5.82 Å². The molecule has 1 heterocycles. The maximum atomic E-state index is 5.46. The maximum absolute atomic E-state index is 5.46. The Kier molecular flexibility index (Phi) is 3.10. The van der Waals surface area contributed by atoms with E-state index in [9.17, 15) is 0 Å². The van der Waals surface area contributed by atoms with Gasteiger partial charge in [-0.25, -0.2) is 0 Å². The number of anilines is 1. The molecule has 0 saturated heterocycles. The van der Waals surface area contributed by atoms with Gasteiger partial charge in [-0.3, -0.25) is 0 Å². The van der Waals surface area contributed by atoms with Crippen molar-refractivity contribution in [3.63, 3.8) is 0 Å². The van der Waals surface area contributed by atoms with E-state index in [1.165, 1.54) is 0 Å². The zero-order valence-corrected chi connectivity index (χ0v) is 9.16. The molecule has 0 aliphatic heterocycles. The minimum Gasteiger partial charge on any atom is -0.334 e. The van der Waals surface area contributed by atoms with Crippen molar-refractivity contribution in [2.45, 2.75) is 39.2 Å². The van der Waals surface area contributed by atoms with Crippen molar-refractivity contribution < 1.29 is 4.52 Å². The molecule has 0 bridgehead atoms. The summed E-state index contributed by atoms with van der Waals surface area (Å²) in [5.74, 6) is 0.698. The number of nitrogens with one attached hydrogen (secondary N) is 1. The van der Waals surface area contributed by atoms with Crippen molar-refractivity contribution in [1.29, 1.82) is 0 Å². The second-order valence-electron chi connectivity index (χ2n) is 4.45. The Morgan fingerprint density at radius 2 is 2.14 bits per heavy atom. The van der Waals surface area contributed by atoms with Crippen LogP contribution in [0.4, 0.5) is 6.01 Å². The summed E-state index contributed by atoms with van der Waals surface area (Å²) in [5, 5.41) is 6.90. The normalized spacial score (nSPS) is 14.1. The molecule has 0 saturated carbocycles. The second kappa shape index (κ2) is 3.96. The van der Waals surface area contributed by atoms with Crippen LogP contribution in [0.25, 0.3) is 0 Å². The number of rotatable bonds is 3. The molecule has 1 aromatic heterocycles. The van der Waals surface area contributed by atoms with Crippen LogP contribution in [0.1, 0.15) is 33.5 Å². The molecule has 0 aromatic carbocycles. The molecule has 0 aliphatic rings. The summed E-state index contributed by atoms with van der Waals surface area (Å²) in [6, 6.07) is 0.580. The molecule has 0 amide bonds. The topological polar surface area (TPSA) is 77.0 Å². The van der Waals surface area contributed by atoms with Crippen LogP contribution in [-0.2, 0) is 5.41 Å². The van der Waals surface area contributed by atoms with Crippen molar-refractivity contribution in [2.24, 2.45) is 5.73 Å². The molecule has 80 valence electrons. The molecule has 1 unspecified atom stereocenters. The minimum atomic E-state index is -0.0879. The lowest BCUT2D eigenvalue weighted by molar-refractivity contribution is 0.400. The van der Waals surface area contributed by atoms with Gasteiger partial charge < -0.3 is 15.6 Å². The first-order chi connectivity index (χ1) is 6.43. The second-order valence-corrected chi connectivity index (χ2v) is 4.45. The fraction of sp³-hybridized carbons (Fsp3) is 0.778. The molecular weight excluding hydrogens is 180 g/mol. The van der Waals surface area contributed by atoms with Crippen molar-refractivity contribution in [1.82, 2.24) is 10.1 Å². The third-order valence-electron chi connectivity index (χ3n) is 1.82. The number of nitrogens with two attached hydrogens (primary N) is 1. The Labute approximate surface area is 84.1 Å². The first kappa shape index (κ1) is 11.0. The Morgan fingerprint density at radius 3 is 2.57 bits per heavy atom. The number of hydrogen-bond acceptors (Lipinski definition) is 5. The Hall–Kier alpha value is -1.10. The van der Waals surface area contributed by atoms with Crippen LogP contribution >= 0.6 is 0 Å². The van der Waals surface area contributed by atoms with Crippen LogP contribution in [0.15, 0.2) is 4.52 Å². The SMILES string of the molecule is CC(CN)Nc1nc(C(C)(C)C)no1. The number of hydrogen-bond donors (Lipinski definition) is 2. The fourth-order valence-corrected chi connectivity index (χ4v) is 0.856. The van der Waals surface area contributed by atoms with Crippen LogP contribution in [0, 0.1) is 0 Å². The summed E-state index contributed by atoms with van der Waals surface area (Å²) >= 11 is 0. The first-order valence-electron chi connectivity index (χ1n) is 4.74. The molecule has 0 fully saturated rings. The zero-order valence-electron chi connectivity index (χ0n) is 9.16. The van der Waals surface area contributed by atoms with Crippen LogP contribution in [0.3, 0.4) is 0 Å². The van der Waals surface area contributed by atoms with E-state index in [0.717, 1.165) is 0 Å². The Morgan fingerprint density at radius 1 is 1.50 bits per heavy atom. The molecule has 3 N–H and O–H groups in total. The Bertz CT molecular complexity index is 289. The van der Waals surface area contributed by atoms with Crippen molar-refractivity contribution in [3.05, 3.63) is 5.82 Å². The van der Waals surface area contributed by atoms with Gasteiger partial charge in [-0.1, -0.05) is 25.9 Å². The van der Waals surface area contributed by atoms with E-state index in [4.69, 9.17) is 10.3 Å². The van der Waals surface area contributed by atoms with E-state index in [1.54, 1.807) is 0 Å². The van der Waals surface area contributed by atoms with Gasteiger partial charge in [0.1, 0.15) is 0 Å². The first-order valence-corrected chi connectivity index (χ1v) is 4.74. The molecule has 1 aromatic rings. The van der Waals surface area contributed by atoms with Crippen molar-refractivity contribution in [3.8, 4) is 0 Å². The van der Waals surface area contributed by atoms with E-state index in [-0.39, 0.29) is 11.5 Å². The van der Waals surface area contributed by atoms with Gasteiger partial charge in [0.2, 0.25) is 0 Å². The number of nitrogens with zero attached hydrogens (tertiary/aromatic N) is 2. The highest BCUT2D eigenvalue weighted by atomic mass is 16.5. The third kappa shape index (κ3) is 2.70. The molecule has 5 nitrogen and oxygen atoms in total. The van der Waals surface area contributed by atoms with Gasteiger partial charge >= 0.3 is 6.01 Å². The lowest BCUT2D eigenvalue weighted by Crippen LogP contribution is -2.25. The molecule has 1 rings (SSSR count). The van der Waals surface area contributed by atoms with E-state index < -0.39 is 0 Å². The lowest BCUT2D eigenvalue weighted by atomic mass is 9.96. The molecule has 1 atom stereocenters. The predicted octanol–water partition coefficient (Wildman–Crippen LogP) is 1.13. The average Bonchev–Trinajstić information content (AvgIpc) is 2.51. The van der Waals surface area contributed by atoms with E-state index in [2.05, 4.69) is 15.5 Å². The fourth-order valence-electron chi connectivity index (χ4n) is 0.856. The summed E-state index contributed by atoms with van der Waals surface area (Å²) in [6.07, 6.45) is 0. The van der Waals surface area contributed by atoms with Gasteiger partial charge in [0.05, 0.1) is 0 Å². The largest absolute Gasteiger partial charge is 0.334 e. The maximum Gasteiger partial charge on any atom is 0.321 e. The lowest BCUT2D eigenvalue weighted by Gasteiger charge is -2.11. The standard InChI is InChI=1S/C9H18N4O/c1-6(5-10)11-8-12-7(13-14-8)9(2,3)4/h6H,5,10H2,1-4H3,(H,11,12,13). The molecule has 0 spiro atoms. The number of aromatic nitrogens is 2. The van der Waals surface area contributed by atoms with Gasteiger partial charge in [0.25, 0.3) is 0 Å². The van der Waals surface area contributed by atoms with E-state index in [0.29, 0.717) is 18.4 Å². The molecule has 5 heteroatoms. The summed E-state index contributed by atoms with van der Waals surface area (Å²) in [4.78, 5) is 4.22. The van der Waals surface area contributed by atoms with Crippen molar-refractivity contribution >= 4 is 6.01 Å². The quantitative estimate of drug-likeness (QED) is 0.761. The summed E-state index contributed by atoms with van der Waals surface area (Å²) in [5.41, 5.74) is 5.37. The monoisotopic (exact) mass is 198 g/mol. The van der Waals surface area contributed by atoms with E-state index in [1.807, 2.05) is 27.7 Å². The average molecular weight is 198 g/mol. The minimum absolute atomic E-state index is 0.0879. The highest BCUT2D eigenvalue weighted by Gasteiger charge is 2.21. The van der Waals surface area contributed by atoms with Crippen molar-refractivity contribution in [2.75, 3.05) is 11.9 Å².